The minimum atomic E-state index is -1.19. The summed E-state index contributed by atoms with van der Waals surface area (Å²) < 4.78 is 10.4. The van der Waals surface area contributed by atoms with Crippen molar-refractivity contribution in [3.05, 3.63) is 83.6 Å². The van der Waals surface area contributed by atoms with E-state index >= 15 is 0 Å². The van der Waals surface area contributed by atoms with Crippen LogP contribution in [-0.4, -0.2) is 54.5 Å². The van der Waals surface area contributed by atoms with Gasteiger partial charge in [0.1, 0.15) is 5.92 Å². The largest absolute Gasteiger partial charge is 2.00 e. The monoisotopic (exact) mass is 630 g/mol. The van der Waals surface area contributed by atoms with E-state index in [9.17, 15) is 14.4 Å². The zero-order valence-electron chi connectivity index (χ0n) is 27.8. The van der Waals surface area contributed by atoms with E-state index in [0.717, 1.165) is 56.5 Å². The molecular formula is C36H38MgN4O5-2. The topological polar surface area (TPSA) is 126 Å². The molecule has 0 unspecified atom stereocenters. The summed E-state index contributed by atoms with van der Waals surface area (Å²) in [6.07, 6.45) is 7.35. The van der Waals surface area contributed by atoms with Gasteiger partial charge in [0.15, 0.2) is 5.78 Å². The van der Waals surface area contributed by atoms with Crippen LogP contribution in [0.2, 0.25) is 0 Å². The molecule has 0 N–H and O–H groups in total. The minimum Gasteiger partial charge on any atom is -0.664 e. The molecule has 1 saturated heterocycles. The number of hydrogen-bond acceptors (Lipinski definition) is 5. The molecule has 0 saturated carbocycles. The van der Waals surface area contributed by atoms with Gasteiger partial charge in [-0.15, -0.1) is 33.5 Å². The van der Waals surface area contributed by atoms with Crippen molar-refractivity contribution >= 4 is 64.6 Å². The Morgan fingerprint density at radius 2 is 1.52 bits per heavy atom. The van der Waals surface area contributed by atoms with Crippen molar-refractivity contribution in [2.75, 3.05) is 13.7 Å². The first-order valence-corrected chi connectivity index (χ1v) is 15.6. The van der Waals surface area contributed by atoms with E-state index in [4.69, 9.17) is 29.7 Å². The average molecular weight is 631 g/mol. The Bertz CT molecular complexity index is 1950. The van der Waals surface area contributed by atoms with Crippen LogP contribution in [0.25, 0.3) is 29.1 Å². The van der Waals surface area contributed by atoms with Crippen molar-refractivity contribution in [2.24, 2.45) is 17.8 Å². The molecule has 0 radical (unpaired) electrons. The van der Waals surface area contributed by atoms with Crippen molar-refractivity contribution in [3.63, 3.8) is 0 Å². The summed E-state index contributed by atoms with van der Waals surface area (Å²) in [5.74, 6) is -2.88. The Morgan fingerprint density at radius 1 is 0.870 bits per heavy atom. The van der Waals surface area contributed by atoms with E-state index in [1.165, 1.54) is 7.11 Å². The van der Waals surface area contributed by atoms with Gasteiger partial charge in [0.2, 0.25) is 0 Å². The van der Waals surface area contributed by atoms with E-state index in [0.29, 0.717) is 46.8 Å². The maximum Gasteiger partial charge on any atom is 2.00 e. The number of methoxy groups -OCH3 is 1. The molecule has 1 aliphatic carbocycles. The van der Waals surface area contributed by atoms with Gasteiger partial charge in [-0.05, 0) is 59.3 Å². The number of hydrogen-bond donors (Lipinski definition) is 0. The minimum absolute atomic E-state index is 0. The number of nitrogens with zero attached hydrogens (tertiary/aromatic N) is 4. The molecule has 236 valence electrons. The molecule has 6 rings (SSSR count). The quantitative estimate of drug-likeness (QED) is 0.230. The van der Waals surface area contributed by atoms with E-state index < -0.39 is 11.9 Å². The Morgan fingerprint density at radius 3 is 2.17 bits per heavy atom. The van der Waals surface area contributed by atoms with Crippen LogP contribution in [0.1, 0.15) is 94.6 Å². The number of aromatic nitrogens is 3. The van der Waals surface area contributed by atoms with Crippen LogP contribution < -0.4 is 25.7 Å². The van der Waals surface area contributed by atoms with Crippen molar-refractivity contribution in [3.8, 4) is 0 Å². The molecule has 10 heteroatoms. The zero-order valence-corrected chi connectivity index (χ0v) is 29.2. The van der Waals surface area contributed by atoms with Gasteiger partial charge in [-0.2, -0.15) is 11.4 Å². The molecule has 8 bridgehead atoms. The molecule has 46 heavy (non-hydrogen) atoms. The Balaban J connectivity index is 0.00000417. The van der Waals surface area contributed by atoms with E-state index in [2.05, 4.69) is 27.7 Å². The van der Waals surface area contributed by atoms with Crippen LogP contribution in [0, 0.1) is 45.4 Å². The van der Waals surface area contributed by atoms with Gasteiger partial charge in [-0.1, -0.05) is 65.5 Å². The summed E-state index contributed by atoms with van der Waals surface area (Å²) in [4.78, 5) is 54.8. The molecule has 3 atom stereocenters. The third kappa shape index (κ3) is 5.29. The third-order valence-electron chi connectivity index (χ3n) is 9.77. The van der Waals surface area contributed by atoms with Gasteiger partial charge in [-0.25, -0.2) is 0 Å². The number of Topliss-reactive ketones (excluding diaryl/α,β-unsaturated/α-hetero) is 1. The van der Waals surface area contributed by atoms with Crippen molar-refractivity contribution in [2.45, 2.75) is 67.7 Å². The Hall–Kier alpha value is -3.76. The fraction of sp³-hybridized carbons (Fsp3) is 0.417. The van der Waals surface area contributed by atoms with Crippen molar-refractivity contribution < 1.29 is 23.9 Å². The van der Waals surface area contributed by atoms with Crippen LogP contribution >= 0.6 is 0 Å². The zero-order chi connectivity index (χ0) is 32.3. The molecule has 2 aliphatic heterocycles. The van der Waals surface area contributed by atoms with Gasteiger partial charge in [0, 0.05) is 12.0 Å². The molecule has 3 aliphatic rings. The van der Waals surface area contributed by atoms with Gasteiger partial charge in [0.25, 0.3) is 0 Å². The van der Waals surface area contributed by atoms with Crippen molar-refractivity contribution in [1.29, 1.82) is 0 Å². The molecule has 3 aromatic rings. The first-order chi connectivity index (χ1) is 21.5. The van der Waals surface area contributed by atoms with E-state index in [1.54, 1.807) is 6.92 Å². The van der Waals surface area contributed by atoms with E-state index in [1.807, 2.05) is 32.1 Å². The van der Waals surface area contributed by atoms with Crippen LogP contribution in [0.5, 0.6) is 0 Å². The predicted octanol–water partition coefficient (Wildman–Crippen LogP) is 3.67. The maximum atomic E-state index is 14.0. The van der Waals surface area contributed by atoms with Crippen molar-refractivity contribution in [1.82, 2.24) is 15.0 Å². The second kappa shape index (κ2) is 12.8. The van der Waals surface area contributed by atoms with Gasteiger partial charge >= 0.3 is 35.0 Å². The first kappa shape index (κ1) is 33.6. The summed E-state index contributed by atoms with van der Waals surface area (Å²) >= 11 is 0. The summed E-state index contributed by atoms with van der Waals surface area (Å²) in [6, 6.07) is 0. The summed E-state index contributed by atoms with van der Waals surface area (Å²) in [5, 5.41) is 6.78. The maximum absolute atomic E-state index is 14.0. The van der Waals surface area contributed by atoms with Gasteiger partial charge in [0.05, 0.1) is 13.7 Å². The first-order valence-electron chi connectivity index (χ1n) is 15.6. The van der Waals surface area contributed by atoms with Crippen LogP contribution in [0.15, 0.2) is 11.4 Å². The van der Waals surface area contributed by atoms with E-state index in [-0.39, 0.29) is 53.1 Å². The number of fused-ring (bicyclic) bond motifs is 7. The molecular weight excluding hydrogens is 593 g/mol. The number of allylic oxidation sites excluding steroid dienone is 2. The smallest absolute Gasteiger partial charge is 0.664 e. The molecule has 0 amide bonds. The number of carbonyl (C=O) groups is 3. The second-order valence-corrected chi connectivity index (χ2v) is 12.1. The molecule has 1 fully saturated rings. The fourth-order valence-electron chi connectivity index (χ4n) is 7.01. The van der Waals surface area contributed by atoms with Gasteiger partial charge in [-0.3, -0.25) is 14.4 Å². The normalized spacial score (nSPS) is 23.8. The molecule has 0 aromatic carbocycles. The number of ether oxygens (including phenoxy) is 2. The summed E-state index contributed by atoms with van der Waals surface area (Å²) in [5.41, 5.74) is 9.95. The molecule has 0 spiro atoms. The number of esters is 2. The summed E-state index contributed by atoms with van der Waals surface area (Å²) in [6.45, 7) is 14.3. The predicted molar refractivity (Wildman–Crippen MR) is 176 cm³/mol. The molecule has 3 aromatic heterocycles. The Kier molecular flexibility index (Phi) is 9.34. The van der Waals surface area contributed by atoms with Crippen LogP contribution in [0.4, 0.5) is 0 Å². The average Bonchev–Trinajstić information content (AvgIpc) is 3.74. The standard InChI is InChI=1S/C36H39N4O5.Mg/c1-9-21-18(5)25-13-23-16(3)17(4)24(37-23)14-26-19(6)22(11-12-29(41)45-10-2)33(39-26)31-32(36(43)44-8)35(42)30-20(7)27(40-34(30)31)15-28(21)38-25;/h13-15,19,22,32H,9-12H2,1-8H3,(H-,39,40,42);/q-3;+2/p-1/b25-13-,26-14-,28-15-;/t19-,22-,32+;/m0./s1. The van der Waals surface area contributed by atoms with Crippen LogP contribution in [0.3, 0.4) is 0 Å². The molecule has 5 heterocycles. The second-order valence-electron chi connectivity index (χ2n) is 12.1. The number of ketones is 1. The summed E-state index contributed by atoms with van der Waals surface area (Å²) in [7, 11) is 1.28. The number of rotatable bonds is 6. The fourth-order valence-corrected chi connectivity index (χ4v) is 7.01. The Labute approximate surface area is 285 Å². The third-order valence-corrected chi connectivity index (χ3v) is 9.77. The SMILES string of the molecule is CCOC(=O)CC[C@@H]1/C2=C3/c4[n-]c(c(C)c4C(=O)[C@@H]3C(=O)OC)/C=c3\[n-]/c(c(C)c3CC)=C\c3[n-]c(c(C)c3C)/C=C(\[N-]2)[C@H]1C.[Mg+2]. The number of carbonyl (C=O) groups excluding carboxylic acids is 3. The van der Waals surface area contributed by atoms with Gasteiger partial charge < -0.3 is 29.7 Å². The molecule has 9 nitrogen and oxygen atoms in total. The van der Waals surface area contributed by atoms with Crippen LogP contribution in [-0.2, 0) is 25.5 Å².